The summed E-state index contributed by atoms with van der Waals surface area (Å²) in [7, 11) is 0. The van der Waals surface area contributed by atoms with E-state index in [4.69, 9.17) is 9.84 Å². The first-order valence-electron chi connectivity index (χ1n) is 10.2. The standard InChI is InChI=1S/C22H35NO4/c1-4-5-6-7-8-9-10-11-16-27-19-14-12-18(13-15-19)21(24)23-20(17(2)3)22(25)26/h12-15,17,20H,4-11,16H2,1-3H3,(H,23,24)(H,25,26)/t20-/m0/s1. The highest BCUT2D eigenvalue weighted by atomic mass is 16.5. The van der Waals surface area contributed by atoms with Gasteiger partial charge in [0.2, 0.25) is 0 Å². The van der Waals surface area contributed by atoms with Crippen LogP contribution in [0, 0.1) is 5.92 Å². The largest absolute Gasteiger partial charge is 0.494 e. The molecule has 1 aromatic rings. The molecule has 0 saturated heterocycles. The summed E-state index contributed by atoms with van der Waals surface area (Å²) in [6.45, 7) is 6.44. The molecule has 0 aliphatic carbocycles. The predicted octanol–water partition coefficient (Wildman–Crippen LogP) is 5.05. The Bertz CT molecular complexity index is 554. The number of carbonyl (C=O) groups is 2. The number of carbonyl (C=O) groups excluding carboxylic acids is 1. The lowest BCUT2D eigenvalue weighted by Gasteiger charge is -2.18. The molecule has 0 radical (unpaired) electrons. The van der Waals surface area contributed by atoms with Crippen LogP contribution >= 0.6 is 0 Å². The van der Waals surface area contributed by atoms with Crippen LogP contribution in [-0.4, -0.2) is 29.6 Å². The molecular weight excluding hydrogens is 342 g/mol. The molecule has 0 aliphatic heterocycles. The van der Waals surface area contributed by atoms with Crippen LogP contribution in [0.15, 0.2) is 24.3 Å². The highest BCUT2D eigenvalue weighted by Gasteiger charge is 2.23. The highest BCUT2D eigenvalue weighted by Crippen LogP contribution is 2.14. The van der Waals surface area contributed by atoms with Gasteiger partial charge < -0.3 is 15.2 Å². The maximum absolute atomic E-state index is 12.2. The summed E-state index contributed by atoms with van der Waals surface area (Å²) in [5.41, 5.74) is 0.432. The summed E-state index contributed by atoms with van der Waals surface area (Å²) in [5, 5.41) is 11.7. The summed E-state index contributed by atoms with van der Waals surface area (Å²) >= 11 is 0. The lowest BCUT2D eigenvalue weighted by atomic mass is 10.0. The third-order valence-corrected chi connectivity index (χ3v) is 4.60. The number of carboxylic acid groups (broad SMARTS) is 1. The fourth-order valence-electron chi connectivity index (χ4n) is 2.87. The first-order valence-corrected chi connectivity index (χ1v) is 10.2. The van der Waals surface area contributed by atoms with Crippen molar-refractivity contribution < 1.29 is 19.4 Å². The SMILES string of the molecule is CCCCCCCCCCOc1ccc(C(=O)N[C@H](C(=O)O)C(C)C)cc1. The van der Waals surface area contributed by atoms with Gasteiger partial charge in [-0.15, -0.1) is 0 Å². The smallest absolute Gasteiger partial charge is 0.326 e. The number of aliphatic carboxylic acids is 1. The Hall–Kier alpha value is -2.04. The van der Waals surface area contributed by atoms with Gasteiger partial charge in [0.25, 0.3) is 5.91 Å². The number of nitrogens with one attached hydrogen (secondary N) is 1. The van der Waals surface area contributed by atoms with Crippen LogP contribution in [0.1, 0.15) is 82.5 Å². The molecule has 0 spiro atoms. The zero-order valence-electron chi connectivity index (χ0n) is 17.0. The van der Waals surface area contributed by atoms with Crippen LogP contribution in [0.25, 0.3) is 0 Å². The van der Waals surface area contributed by atoms with Gasteiger partial charge in [-0.1, -0.05) is 65.7 Å². The molecule has 1 rings (SSSR count). The van der Waals surface area contributed by atoms with Gasteiger partial charge in [-0.2, -0.15) is 0 Å². The van der Waals surface area contributed by atoms with Gasteiger partial charge in [-0.05, 0) is 36.6 Å². The third kappa shape index (κ3) is 9.45. The number of hydrogen-bond acceptors (Lipinski definition) is 3. The fourth-order valence-corrected chi connectivity index (χ4v) is 2.87. The van der Waals surface area contributed by atoms with Crippen LogP contribution in [0.5, 0.6) is 5.75 Å². The summed E-state index contributed by atoms with van der Waals surface area (Å²) in [5.74, 6) is -0.858. The fraction of sp³-hybridized carbons (Fsp3) is 0.636. The zero-order chi connectivity index (χ0) is 20.1. The van der Waals surface area contributed by atoms with Crippen LogP contribution in [0.4, 0.5) is 0 Å². The predicted molar refractivity (Wildman–Crippen MR) is 108 cm³/mol. The van der Waals surface area contributed by atoms with Gasteiger partial charge >= 0.3 is 5.97 Å². The average Bonchev–Trinajstić information content (AvgIpc) is 2.64. The summed E-state index contributed by atoms with van der Waals surface area (Å²) in [6.07, 6.45) is 10.1. The number of unbranched alkanes of at least 4 members (excludes halogenated alkanes) is 7. The molecule has 152 valence electrons. The minimum absolute atomic E-state index is 0.180. The monoisotopic (exact) mass is 377 g/mol. The van der Waals surface area contributed by atoms with Crippen molar-refractivity contribution in [1.29, 1.82) is 0 Å². The molecule has 5 nitrogen and oxygen atoms in total. The molecule has 1 atom stereocenters. The molecular formula is C22H35NO4. The van der Waals surface area contributed by atoms with Crippen LogP contribution < -0.4 is 10.1 Å². The quantitative estimate of drug-likeness (QED) is 0.445. The third-order valence-electron chi connectivity index (χ3n) is 4.60. The van der Waals surface area contributed by atoms with Crippen molar-refractivity contribution in [3.63, 3.8) is 0 Å². The Morgan fingerprint density at radius 3 is 2.04 bits per heavy atom. The van der Waals surface area contributed by atoms with E-state index in [0.717, 1.165) is 12.2 Å². The number of hydrogen-bond donors (Lipinski definition) is 2. The maximum atomic E-state index is 12.2. The van der Waals surface area contributed by atoms with Crippen LogP contribution in [-0.2, 0) is 4.79 Å². The van der Waals surface area contributed by atoms with Gasteiger partial charge in [0.15, 0.2) is 0 Å². The van der Waals surface area contributed by atoms with E-state index in [0.29, 0.717) is 12.2 Å². The second-order valence-corrected chi connectivity index (χ2v) is 7.38. The van der Waals surface area contributed by atoms with Gasteiger partial charge in [-0.3, -0.25) is 4.79 Å². The molecule has 0 heterocycles. The second-order valence-electron chi connectivity index (χ2n) is 7.38. The minimum atomic E-state index is -1.02. The highest BCUT2D eigenvalue weighted by molar-refractivity contribution is 5.96. The lowest BCUT2D eigenvalue weighted by Crippen LogP contribution is -2.44. The molecule has 2 N–H and O–H groups in total. The molecule has 1 amide bonds. The zero-order valence-corrected chi connectivity index (χ0v) is 17.0. The van der Waals surface area contributed by atoms with E-state index < -0.39 is 12.0 Å². The molecule has 27 heavy (non-hydrogen) atoms. The van der Waals surface area contributed by atoms with Crippen molar-refractivity contribution in [1.82, 2.24) is 5.32 Å². The van der Waals surface area contributed by atoms with Crippen molar-refractivity contribution in [2.75, 3.05) is 6.61 Å². The molecule has 0 aromatic heterocycles. The lowest BCUT2D eigenvalue weighted by molar-refractivity contribution is -0.140. The van der Waals surface area contributed by atoms with E-state index >= 15 is 0 Å². The van der Waals surface area contributed by atoms with E-state index in [1.807, 2.05) is 0 Å². The normalized spacial score (nSPS) is 12.0. The topological polar surface area (TPSA) is 75.6 Å². The van der Waals surface area contributed by atoms with Crippen molar-refractivity contribution in [2.24, 2.45) is 5.92 Å². The van der Waals surface area contributed by atoms with Crippen molar-refractivity contribution in [2.45, 2.75) is 78.2 Å². The molecule has 1 aromatic carbocycles. The van der Waals surface area contributed by atoms with Gasteiger partial charge in [0.1, 0.15) is 11.8 Å². The van der Waals surface area contributed by atoms with Gasteiger partial charge in [0.05, 0.1) is 6.61 Å². The number of amides is 1. The Kier molecular flexibility index (Phi) is 11.2. The van der Waals surface area contributed by atoms with Crippen LogP contribution in [0.2, 0.25) is 0 Å². The van der Waals surface area contributed by atoms with E-state index in [9.17, 15) is 9.59 Å². The first kappa shape index (κ1) is 23.0. The Balaban J connectivity index is 2.29. The van der Waals surface area contributed by atoms with Gasteiger partial charge in [-0.25, -0.2) is 4.79 Å². The minimum Gasteiger partial charge on any atom is -0.494 e. The van der Waals surface area contributed by atoms with E-state index in [-0.39, 0.29) is 11.8 Å². The molecule has 0 unspecified atom stereocenters. The van der Waals surface area contributed by atoms with Crippen molar-refractivity contribution in [3.8, 4) is 5.75 Å². The molecule has 5 heteroatoms. The van der Waals surface area contributed by atoms with Crippen LogP contribution in [0.3, 0.4) is 0 Å². The first-order chi connectivity index (χ1) is 13.0. The number of benzene rings is 1. The van der Waals surface area contributed by atoms with E-state index in [1.165, 1.54) is 44.9 Å². The van der Waals surface area contributed by atoms with Gasteiger partial charge in [0, 0.05) is 5.56 Å². The molecule has 0 saturated carbocycles. The summed E-state index contributed by atoms with van der Waals surface area (Å²) in [6, 6.07) is 5.95. The Morgan fingerprint density at radius 1 is 0.963 bits per heavy atom. The average molecular weight is 378 g/mol. The Labute approximate surface area is 163 Å². The number of ether oxygens (including phenoxy) is 1. The van der Waals surface area contributed by atoms with Crippen molar-refractivity contribution >= 4 is 11.9 Å². The summed E-state index contributed by atoms with van der Waals surface area (Å²) < 4.78 is 5.72. The molecule has 0 fully saturated rings. The second kappa shape index (κ2) is 13.2. The van der Waals surface area contributed by atoms with E-state index in [2.05, 4.69) is 12.2 Å². The molecule has 0 aliphatic rings. The molecule has 0 bridgehead atoms. The number of rotatable bonds is 14. The summed E-state index contributed by atoms with van der Waals surface area (Å²) in [4.78, 5) is 23.4. The van der Waals surface area contributed by atoms with Crippen molar-refractivity contribution in [3.05, 3.63) is 29.8 Å². The maximum Gasteiger partial charge on any atom is 0.326 e. The van der Waals surface area contributed by atoms with E-state index in [1.54, 1.807) is 38.1 Å². The Morgan fingerprint density at radius 2 is 1.52 bits per heavy atom. The number of carboxylic acids is 1.